The largest absolute Gasteiger partial charge is 0.493 e. The molecule has 120 valence electrons. The Morgan fingerprint density at radius 1 is 1.26 bits per heavy atom. The first-order valence-electron chi connectivity index (χ1n) is 6.99. The molecule has 1 N–H and O–H groups in total. The van der Waals surface area contributed by atoms with Gasteiger partial charge in [-0.2, -0.15) is 5.10 Å². The molecule has 2 aromatic rings. The van der Waals surface area contributed by atoms with E-state index in [0.29, 0.717) is 23.8 Å². The van der Waals surface area contributed by atoms with Crippen molar-refractivity contribution in [2.24, 2.45) is 5.10 Å². The van der Waals surface area contributed by atoms with Crippen LogP contribution in [0.25, 0.3) is 0 Å². The van der Waals surface area contributed by atoms with Gasteiger partial charge in [-0.25, -0.2) is 0 Å². The molecule has 0 aliphatic heterocycles. The molecule has 23 heavy (non-hydrogen) atoms. The molecule has 0 atom stereocenters. The number of nitro benzene ring substituents is 1. The molecule has 0 aromatic heterocycles. The molecular formula is C16H17N3O4. The van der Waals surface area contributed by atoms with E-state index < -0.39 is 4.92 Å². The van der Waals surface area contributed by atoms with E-state index >= 15 is 0 Å². The molecule has 0 amide bonds. The molecule has 2 rings (SSSR count). The number of benzene rings is 2. The molecule has 0 bridgehead atoms. The smallest absolute Gasteiger partial charge is 0.294 e. The van der Waals surface area contributed by atoms with Gasteiger partial charge in [-0.3, -0.25) is 15.5 Å². The Morgan fingerprint density at radius 3 is 2.74 bits per heavy atom. The van der Waals surface area contributed by atoms with Gasteiger partial charge in [0, 0.05) is 6.07 Å². The first-order valence-corrected chi connectivity index (χ1v) is 6.99. The molecule has 0 heterocycles. The van der Waals surface area contributed by atoms with Crippen LogP contribution in [0.15, 0.2) is 47.6 Å². The van der Waals surface area contributed by atoms with Crippen molar-refractivity contribution in [2.75, 3.05) is 19.1 Å². The second kappa shape index (κ2) is 7.79. The number of nitro groups is 1. The number of nitrogens with one attached hydrogen (secondary N) is 1. The SMILES string of the molecule is CCOc1ccc(/C=N\Nc2ccccc2[N+](=O)[O-])cc1OC. The number of hydrogen-bond acceptors (Lipinski definition) is 6. The van der Waals surface area contributed by atoms with Crippen LogP contribution >= 0.6 is 0 Å². The van der Waals surface area contributed by atoms with E-state index in [9.17, 15) is 10.1 Å². The van der Waals surface area contributed by atoms with Gasteiger partial charge in [-0.1, -0.05) is 12.1 Å². The van der Waals surface area contributed by atoms with Crippen molar-refractivity contribution in [3.05, 3.63) is 58.1 Å². The third-order valence-corrected chi connectivity index (χ3v) is 2.99. The van der Waals surface area contributed by atoms with Crippen LogP contribution in [0.1, 0.15) is 12.5 Å². The zero-order valence-corrected chi connectivity index (χ0v) is 12.9. The lowest BCUT2D eigenvalue weighted by atomic mass is 10.2. The quantitative estimate of drug-likeness (QED) is 0.480. The van der Waals surface area contributed by atoms with Crippen LogP contribution in [-0.4, -0.2) is 24.9 Å². The zero-order chi connectivity index (χ0) is 16.7. The summed E-state index contributed by atoms with van der Waals surface area (Å²) >= 11 is 0. The number of para-hydroxylation sites is 2. The van der Waals surface area contributed by atoms with Crippen LogP contribution in [-0.2, 0) is 0 Å². The minimum absolute atomic E-state index is 0.0334. The Hall–Kier alpha value is -3.09. The molecular weight excluding hydrogens is 298 g/mol. The van der Waals surface area contributed by atoms with Gasteiger partial charge in [-0.05, 0) is 36.8 Å². The van der Waals surface area contributed by atoms with E-state index in [1.807, 2.05) is 13.0 Å². The third kappa shape index (κ3) is 4.19. The Bertz CT molecular complexity index is 716. The summed E-state index contributed by atoms with van der Waals surface area (Å²) in [5, 5.41) is 15.0. The van der Waals surface area contributed by atoms with Crippen LogP contribution in [0.5, 0.6) is 11.5 Å². The molecule has 0 aliphatic carbocycles. The minimum Gasteiger partial charge on any atom is -0.493 e. The van der Waals surface area contributed by atoms with Crippen molar-refractivity contribution < 1.29 is 14.4 Å². The minimum atomic E-state index is -0.461. The number of nitrogens with zero attached hydrogens (tertiary/aromatic N) is 2. The van der Waals surface area contributed by atoms with E-state index in [4.69, 9.17) is 9.47 Å². The highest BCUT2D eigenvalue weighted by Gasteiger charge is 2.11. The van der Waals surface area contributed by atoms with Crippen molar-refractivity contribution >= 4 is 17.6 Å². The molecule has 0 aliphatic rings. The Morgan fingerprint density at radius 2 is 2.04 bits per heavy atom. The van der Waals surface area contributed by atoms with Crippen molar-refractivity contribution in [2.45, 2.75) is 6.92 Å². The highest BCUT2D eigenvalue weighted by atomic mass is 16.6. The second-order valence-corrected chi connectivity index (χ2v) is 4.49. The lowest BCUT2D eigenvalue weighted by Gasteiger charge is -2.09. The lowest BCUT2D eigenvalue weighted by molar-refractivity contribution is -0.384. The van der Waals surface area contributed by atoms with Gasteiger partial charge in [0.1, 0.15) is 5.69 Å². The van der Waals surface area contributed by atoms with E-state index in [1.54, 1.807) is 43.7 Å². The molecule has 0 unspecified atom stereocenters. The fraction of sp³-hybridized carbons (Fsp3) is 0.188. The molecule has 0 fully saturated rings. The monoisotopic (exact) mass is 315 g/mol. The zero-order valence-electron chi connectivity index (χ0n) is 12.9. The number of hydrazone groups is 1. The maximum atomic E-state index is 10.9. The summed E-state index contributed by atoms with van der Waals surface area (Å²) in [7, 11) is 1.56. The average molecular weight is 315 g/mol. The number of rotatable bonds is 7. The molecule has 0 radical (unpaired) electrons. The van der Waals surface area contributed by atoms with E-state index in [1.165, 1.54) is 6.07 Å². The van der Waals surface area contributed by atoms with Crippen molar-refractivity contribution in [3.8, 4) is 11.5 Å². The lowest BCUT2D eigenvalue weighted by Crippen LogP contribution is -1.98. The summed E-state index contributed by atoms with van der Waals surface area (Å²) in [5.74, 6) is 1.25. The van der Waals surface area contributed by atoms with E-state index in [2.05, 4.69) is 10.5 Å². The van der Waals surface area contributed by atoms with Crippen LogP contribution in [0, 0.1) is 10.1 Å². The third-order valence-electron chi connectivity index (χ3n) is 2.99. The van der Waals surface area contributed by atoms with Crippen molar-refractivity contribution in [3.63, 3.8) is 0 Å². The topological polar surface area (TPSA) is 86.0 Å². The maximum absolute atomic E-state index is 10.9. The number of ether oxygens (including phenoxy) is 2. The van der Waals surface area contributed by atoms with Crippen LogP contribution in [0.4, 0.5) is 11.4 Å². The van der Waals surface area contributed by atoms with Gasteiger partial charge in [-0.15, -0.1) is 0 Å². The number of hydrogen-bond donors (Lipinski definition) is 1. The van der Waals surface area contributed by atoms with Gasteiger partial charge in [0.25, 0.3) is 5.69 Å². The average Bonchev–Trinajstić information content (AvgIpc) is 2.56. The highest BCUT2D eigenvalue weighted by molar-refractivity contribution is 5.81. The summed E-state index contributed by atoms with van der Waals surface area (Å²) < 4.78 is 10.7. The van der Waals surface area contributed by atoms with Crippen LogP contribution in [0.2, 0.25) is 0 Å². The summed E-state index contributed by atoms with van der Waals surface area (Å²) in [5.41, 5.74) is 3.74. The molecule has 2 aromatic carbocycles. The second-order valence-electron chi connectivity index (χ2n) is 4.49. The van der Waals surface area contributed by atoms with Gasteiger partial charge in [0.05, 0.1) is 24.9 Å². The van der Waals surface area contributed by atoms with E-state index in [0.717, 1.165) is 5.56 Å². The fourth-order valence-electron chi connectivity index (χ4n) is 1.94. The summed E-state index contributed by atoms with van der Waals surface area (Å²) in [6, 6.07) is 11.7. The first-order chi connectivity index (χ1) is 11.2. The van der Waals surface area contributed by atoms with Gasteiger partial charge in [0.2, 0.25) is 0 Å². The molecule has 7 heteroatoms. The van der Waals surface area contributed by atoms with Gasteiger partial charge < -0.3 is 9.47 Å². The molecule has 0 saturated heterocycles. The first kappa shape index (κ1) is 16.3. The summed E-state index contributed by atoms with van der Waals surface area (Å²) in [4.78, 5) is 10.5. The van der Waals surface area contributed by atoms with E-state index in [-0.39, 0.29) is 5.69 Å². The van der Waals surface area contributed by atoms with Crippen molar-refractivity contribution in [1.29, 1.82) is 0 Å². The standard InChI is InChI=1S/C16H17N3O4/c1-3-23-15-9-8-12(10-16(15)22-2)11-17-18-13-6-4-5-7-14(13)19(20)21/h4-11,18H,3H2,1-2H3/b17-11-. The van der Waals surface area contributed by atoms with Gasteiger partial charge in [0.15, 0.2) is 11.5 Å². The maximum Gasteiger partial charge on any atom is 0.294 e. The van der Waals surface area contributed by atoms with Gasteiger partial charge >= 0.3 is 0 Å². The predicted octanol–water partition coefficient (Wildman–Crippen LogP) is 3.45. The van der Waals surface area contributed by atoms with Crippen LogP contribution < -0.4 is 14.9 Å². The Labute approximate surface area is 133 Å². The normalized spacial score (nSPS) is 10.5. The van der Waals surface area contributed by atoms with Crippen LogP contribution in [0.3, 0.4) is 0 Å². The number of anilines is 1. The Kier molecular flexibility index (Phi) is 5.51. The fourth-order valence-corrected chi connectivity index (χ4v) is 1.94. The summed E-state index contributed by atoms with van der Waals surface area (Å²) in [6.07, 6.45) is 1.55. The summed E-state index contributed by atoms with van der Waals surface area (Å²) in [6.45, 7) is 2.44. The molecule has 7 nitrogen and oxygen atoms in total. The van der Waals surface area contributed by atoms with Crippen molar-refractivity contribution in [1.82, 2.24) is 0 Å². The predicted molar refractivity (Wildman–Crippen MR) is 88.5 cm³/mol. The Balaban J connectivity index is 2.13. The molecule has 0 spiro atoms. The number of methoxy groups -OCH3 is 1. The molecule has 0 saturated carbocycles. The highest BCUT2D eigenvalue weighted by Crippen LogP contribution is 2.27.